The summed E-state index contributed by atoms with van der Waals surface area (Å²) in [7, 11) is -0.768. The van der Waals surface area contributed by atoms with Crippen molar-refractivity contribution in [1.82, 2.24) is 14.2 Å². The molecule has 1 saturated heterocycles. The minimum Gasteiger partial charge on any atom is -0.376 e. The summed E-state index contributed by atoms with van der Waals surface area (Å²) in [6, 6.07) is 8.38. The second-order valence-electron chi connectivity index (χ2n) is 7.11. The molecule has 29 heavy (non-hydrogen) atoms. The maximum atomic E-state index is 13.3. The van der Waals surface area contributed by atoms with Crippen molar-refractivity contribution in [3.05, 3.63) is 58.3 Å². The van der Waals surface area contributed by atoms with E-state index in [9.17, 15) is 13.2 Å². The van der Waals surface area contributed by atoms with Gasteiger partial charge >= 0.3 is 0 Å². The molecule has 1 aliphatic rings. The Morgan fingerprint density at radius 1 is 1.31 bits per heavy atom. The summed E-state index contributed by atoms with van der Waals surface area (Å²) in [6.07, 6.45) is 5.26. The van der Waals surface area contributed by atoms with Gasteiger partial charge in [-0.05, 0) is 58.6 Å². The number of amides is 1. The van der Waals surface area contributed by atoms with Crippen LogP contribution < -0.4 is 0 Å². The van der Waals surface area contributed by atoms with E-state index in [1.807, 2.05) is 12.1 Å². The fraction of sp³-hybridized carbons (Fsp3) is 0.400. The van der Waals surface area contributed by atoms with Crippen molar-refractivity contribution in [2.24, 2.45) is 0 Å². The highest BCUT2D eigenvalue weighted by atomic mass is 79.9. The molecule has 1 aromatic carbocycles. The lowest BCUT2D eigenvalue weighted by Crippen LogP contribution is -2.37. The van der Waals surface area contributed by atoms with E-state index in [0.717, 1.165) is 22.7 Å². The third kappa shape index (κ3) is 5.22. The van der Waals surface area contributed by atoms with Gasteiger partial charge in [0.05, 0.1) is 11.0 Å². The molecule has 2 heterocycles. The number of ether oxygens (including phenoxy) is 1. The van der Waals surface area contributed by atoms with Gasteiger partial charge in [-0.2, -0.15) is 0 Å². The van der Waals surface area contributed by atoms with Crippen LogP contribution >= 0.6 is 15.9 Å². The first-order valence-electron chi connectivity index (χ1n) is 9.31. The van der Waals surface area contributed by atoms with Crippen LogP contribution in [0.25, 0.3) is 0 Å². The summed E-state index contributed by atoms with van der Waals surface area (Å²) in [4.78, 5) is 19.2. The molecular formula is C20H24BrN3O4S. The molecule has 0 aliphatic carbocycles. The van der Waals surface area contributed by atoms with Crippen molar-refractivity contribution in [3.8, 4) is 0 Å². The van der Waals surface area contributed by atoms with Crippen molar-refractivity contribution >= 4 is 31.9 Å². The molecule has 7 nitrogen and oxygen atoms in total. The highest BCUT2D eigenvalue weighted by Gasteiger charge is 2.26. The Labute approximate surface area is 179 Å². The molecular weight excluding hydrogens is 458 g/mol. The van der Waals surface area contributed by atoms with Gasteiger partial charge in [-0.25, -0.2) is 12.7 Å². The number of carbonyl (C=O) groups is 1. The summed E-state index contributed by atoms with van der Waals surface area (Å²) in [5, 5.41) is 0. The lowest BCUT2D eigenvalue weighted by Gasteiger charge is -2.26. The van der Waals surface area contributed by atoms with E-state index in [1.54, 1.807) is 29.4 Å². The fourth-order valence-corrected chi connectivity index (χ4v) is 5.02. The molecule has 0 saturated carbocycles. The summed E-state index contributed by atoms with van der Waals surface area (Å²) in [5.41, 5.74) is 1.22. The van der Waals surface area contributed by atoms with Gasteiger partial charge in [0.25, 0.3) is 5.91 Å². The van der Waals surface area contributed by atoms with Crippen LogP contribution in [0.4, 0.5) is 0 Å². The molecule has 2 aromatic rings. The molecule has 0 bridgehead atoms. The molecule has 0 radical (unpaired) electrons. The number of halogens is 1. The molecule has 1 atom stereocenters. The van der Waals surface area contributed by atoms with Crippen molar-refractivity contribution in [1.29, 1.82) is 0 Å². The third-order valence-electron chi connectivity index (χ3n) is 4.77. The Morgan fingerprint density at radius 2 is 2.10 bits per heavy atom. The van der Waals surface area contributed by atoms with Crippen molar-refractivity contribution in [3.63, 3.8) is 0 Å². The van der Waals surface area contributed by atoms with Gasteiger partial charge in [-0.1, -0.05) is 6.07 Å². The first kappa shape index (κ1) is 21.9. The number of pyridine rings is 1. The van der Waals surface area contributed by atoms with Crippen molar-refractivity contribution in [2.45, 2.75) is 30.4 Å². The largest absolute Gasteiger partial charge is 0.376 e. The van der Waals surface area contributed by atoms with Crippen LogP contribution in [0.5, 0.6) is 0 Å². The molecule has 1 unspecified atom stereocenters. The Hall–Kier alpha value is -1.81. The Bertz CT molecular complexity index is 961. The Morgan fingerprint density at radius 3 is 2.72 bits per heavy atom. The summed E-state index contributed by atoms with van der Waals surface area (Å²) < 4.78 is 32.5. The van der Waals surface area contributed by atoms with Crippen molar-refractivity contribution < 1.29 is 17.9 Å². The summed E-state index contributed by atoms with van der Waals surface area (Å²) >= 11 is 3.29. The maximum absolute atomic E-state index is 13.3. The molecule has 9 heteroatoms. The van der Waals surface area contributed by atoms with Gasteiger partial charge in [0.2, 0.25) is 10.0 Å². The van der Waals surface area contributed by atoms with Gasteiger partial charge in [0, 0.05) is 56.2 Å². The lowest BCUT2D eigenvalue weighted by molar-refractivity contribution is 0.0507. The average molecular weight is 482 g/mol. The zero-order valence-electron chi connectivity index (χ0n) is 16.4. The maximum Gasteiger partial charge on any atom is 0.254 e. The molecule has 1 aliphatic heterocycles. The van der Waals surface area contributed by atoms with E-state index < -0.39 is 10.0 Å². The SMILES string of the molecule is CN(C)S(=O)(=O)c1cc(C(=O)N(Cc2cccnc2)CC2CCCO2)ccc1Br. The molecule has 1 amide bonds. The number of benzene rings is 1. The predicted octanol–water partition coefficient (Wildman–Crippen LogP) is 2.92. The topological polar surface area (TPSA) is 79.8 Å². The number of rotatable bonds is 7. The number of carbonyl (C=O) groups excluding carboxylic acids is 1. The number of sulfonamides is 1. The predicted molar refractivity (Wildman–Crippen MR) is 113 cm³/mol. The summed E-state index contributed by atoms with van der Waals surface area (Å²) in [5.74, 6) is -0.243. The minimum absolute atomic E-state index is 0.0175. The number of nitrogens with zero attached hydrogens (tertiary/aromatic N) is 3. The minimum atomic E-state index is -3.69. The van der Waals surface area contributed by atoms with E-state index in [2.05, 4.69) is 20.9 Å². The van der Waals surface area contributed by atoms with Crippen LogP contribution in [0.15, 0.2) is 52.1 Å². The zero-order chi connectivity index (χ0) is 21.0. The highest BCUT2D eigenvalue weighted by Crippen LogP contribution is 2.26. The van der Waals surface area contributed by atoms with E-state index >= 15 is 0 Å². The van der Waals surface area contributed by atoms with Crippen LogP contribution in [0.3, 0.4) is 0 Å². The Balaban J connectivity index is 1.92. The normalized spacial score (nSPS) is 16.9. The quantitative estimate of drug-likeness (QED) is 0.607. The van der Waals surface area contributed by atoms with Crippen LogP contribution in [-0.2, 0) is 21.3 Å². The first-order valence-corrected chi connectivity index (χ1v) is 11.5. The Kier molecular flexibility index (Phi) is 7.05. The zero-order valence-corrected chi connectivity index (χ0v) is 18.8. The van der Waals surface area contributed by atoms with E-state index in [4.69, 9.17) is 4.74 Å². The highest BCUT2D eigenvalue weighted by molar-refractivity contribution is 9.10. The standard InChI is InChI=1S/C20H24BrN3O4S/c1-23(2)29(26,27)19-11-16(7-8-18(19)21)20(25)24(14-17-6-4-10-28-17)13-15-5-3-9-22-12-15/h3,5,7-9,11-12,17H,4,6,10,13-14H2,1-2H3. The molecule has 3 rings (SSSR count). The third-order valence-corrected chi connectivity index (χ3v) is 7.58. The van der Waals surface area contributed by atoms with Crippen LogP contribution in [0, 0.1) is 0 Å². The van der Waals surface area contributed by atoms with Gasteiger partial charge < -0.3 is 9.64 Å². The van der Waals surface area contributed by atoms with Crippen LogP contribution in [0.2, 0.25) is 0 Å². The summed E-state index contributed by atoms with van der Waals surface area (Å²) in [6.45, 7) is 1.51. The van der Waals surface area contributed by atoms with E-state index in [0.29, 0.717) is 29.7 Å². The van der Waals surface area contributed by atoms with E-state index in [-0.39, 0.29) is 16.9 Å². The fourth-order valence-electron chi connectivity index (χ4n) is 3.18. The molecule has 0 spiro atoms. The molecule has 1 fully saturated rings. The number of hydrogen-bond donors (Lipinski definition) is 0. The van der Waals surface area contributed by atoms with Crippen LogP contribution in [0.1, 0.15) is 28.8 Å². The van der Waals surface area contributed by atoms with E-state index in [1.165, 1.54) is 20.2 Å². The smallest absolute Gasteiger partial charge is 0.254 e. The molecule has 156 valence electrons. The average Bonchev–Trinajstić information content (AvgIpc) is 3.21. The number of hydrogen-bond acceptors (Lipinski definition) is 5. The number of aromatic nitrogens is 1. The van der Waals surface area contributed by atoms with Crippen LogP contribution in [-0.4, -0.2) is 61.9 Å². The lowest BCUT2D eigenvalue weighted by atomic mass is 10.1. The molecule has 0 N–H and O–H groups in total. The first-order chi connectivity index (χ1) is 13.8. The molecule has 1 aromatic heterocycles. The van der Waals surface area contributed by atoms with Gasteiger partial charge in [0.15, 0.2) is 0 Å². The van der Waals surface area contributed by atoms with Crippen molar-refractivity contribution in [2.75, 3.05) is 27.2 Å². The van der Waals surface area contributed by atoms with Gasteiger partial charge in [0.1, 0.15) is 0 Å². The van der Waals surface area contributed by atoms with Gasteiger partial charge in [-0.15, -0.1) is 0 Å². The second-order valence-corrected chi connectivity index (χ2v) is 10.1. The van der Waals surface area contributed by atoms with Gasteiger partial charge in [-0.3, -0.25) is 9.78 Å². The monoisotopic (exact) mass is 481 g/mol. The second kappa shape index (κ2) is 9.34.